The van der Waals surface area contributed by atoms with E-state index in [1.165, 1.54) is 6.07 Å². The lowest BCUT2D eigenvalue weighted by molar-refractivity contribution is 0.0697. The third kappa shape index (κ3) is 1.62. The third-order valence-electron chi connectivity index (χ3n) is 1.18. The fraction of sp³-hybridized carbons (Fsp3) is 0. The van der Waals surface area contributed by atoms with E-state index in [4.69, 9.17) is 16.7 Å². The molecule has 1 aromatic carbocycles. The van der Waals surface area contributed by atoms with Crippen molar-refractivity contribution >= 4 is 17.6 Å². The van der Waals surface area contributed by atoms with Gasteiger partial charge in [-0.25, -0.2) is 4.79 Å². The molecule has 1 aromatic rings. The van der Waals surface area contributed by atoms with Gasteiger partial charge in [0.15, 0.2) is 5.75 Å². The summed E-state index contributed by atoms with van der Waals surface area (Å²) in [5, 5.41) is 19.0. The Balaban J connectivity index is 3.15. The minimum absolute atomic E-state index is 0.0228. The number of carboxylic acid groups (broad SMARTS) is 1. The molecule has 1 radical (unpaired) electrons. The first-order valence-electron chi connectivity index (χ1n) is 2.81. The molecule has 0 amide bonds. The van der Waals surface area contributed by atoms with E-state index in [1.807, 2.05) is 0 Å². The lowest BCUT2D eigenvalue weighted by Crippen LogP contribution is -1.94. The molecule has 0 fully saturated rings. The van der Waals surface area contributed by atoms with Crippen LogP contribution in [0.2, 0.25) is 5.02 Å². The van der Waals surface area contributed by atoms with E-state index >= 15 is 0 Å². The van der Waals surface area contributed by atoms with Gasteiger partial charge < -0.3 is 5.11 Å². The van der Waals surface area contributed by atoms with Gasteiger partial charge in [0, 0.05) is 0 Å². The van der Waals surface area contributed by atoms with Crippen molar-refractivity contribution in [2.45, 2.75) is 0 Å². The molecule has 0 unspecified atom stereocenters. The van der Waals surface area contributed by atoms with Crippen LogP contribution in [0.5, 0.6) is 5.75 Å². The summed E-state index contributed by atoms with van der Waals surface area (Å²) >= 11 is 5.38. The van der Waals surface area contributed by atoms with Crippen LogP contribution in [0.25, 0.3) is 0 Å². The summed E-state index contributed by atoms with van der Waals surface area (Å²) < 4.78 is 0. The first kappa shape index (κ1) is 7.88. The summed E-state index contributed by atoms with van der Waals surface area (Å²) in [6, 6.07) is 3.48. The van der Waals surface area contributed by atoms with Crippen LogP contribution in [0.1, 0.15) is 10.4 Å². The highest BCUT2D eigenvalue weighted by Crippen LogP contribution is 2.24. The monoisotopic (exact) mass is 171 g/mol. The first-order valence-corrected chi connectivity index (χ1v) is 3.19. The molecule has 57 valence electrons. The van der Waals surface area contributed by atoms with E-state index < -0.39 is 5.97 Å². The van der Waals surface area contributed by atoms with Crippen LogP contribution in [-0.2, 0) is 5.11 Å². The molecular formula is C7H4ClO3. The Morgan fingerprint density at radius 2 is 2.09 bits per heavy atom. The lowest BCUT2D eigenvalue weighted by Gasteiger charge is -1.94. The van der Waals surface area contributed by atoms with Crippen molar-refractivity contribution in [1.82, 2.24) is 0 Å². The van der Waals surface area contributed by atoms with Crippen LogP contribution in [-0.4, -0.2) is 11.1 Å². The summed E-state index contributed by atoms with van der Waals surface area (Å²) in [6.07, 6.45) is 0. The van der Waals surface area contributed by atoms with Gasteiger partial charge in [-0.15, -0.1) is 0 Å². The molecule has 1 rings (SSSR count). The van der Waals surface area contributed by atoms with Crippen molar-refractivity contribution < 1.29 is 15.0 Å². The van der Waals surface area contributed by atoms with E-state index in [2.05, 4.69) is 0 Å². The Morgan fingerprint density at radius 1 is 1.45 bits per heavy atom. The van der Waals surface area contributed by atoms with Crippen LogP contribution in [0, 0.1) is 0 Å². The Kier molecular flexibility index (Phi) is 2.01. The van der Waals surface area contributed by atoms with E-state index in [-0.39, 0.29) is 16.3 Å². The molecule has 0 heterocycles. The average Bonchev–Trinajstić information content (AvgIpc) is 1.94. The fourth-order valence-electron chi connectivity index (χ4n) is 0.634. The Labute approximate surface area is 67.8 Å². The minimum Gasteiger partial charge on any atom is -0.478 e. The van der Waals surface area contributed by atoms with Gasteiger partial charge in [0.25, 0.3) is 0 Å². The normalized spacial score (nSPS) is 9.55. The second-order valence-electron chi connectivity index (χ2n) is 1.95. The summed E-state index contributed by atoms with van der Waals surface area (Å²) in [7, 11) is 0. The predicted octanol–water partition coefficient (Wildman–Crippen LogP) is 2.18. The molecule has 0 aliphatic rings. The van der Waals surface area contributed by atoms with E-state index in [1.54, 1.807) is 0 Å². The molecule has 1 N–H and O–H groups in total. The maximum atomic E-state index is 10.7. The Morgan fingerprint density at radius 3 is 2.55 bits per heavy atom. The third-order valence-corrected chi connectivity index (χ3v) is 1.47. The van der Waals surface area contributed by atoms with Crippen LogP contribution < -0.4 is 0 Å². The van der Waals surface area contributed by atoms with Crippen molar-refractivity contribution in [3.63, 3.8) is 0 Å². The van der Waals surface area contributed by atoms with Gasteiger partial charge in [-0.1, -0.05) is 11.6 Å². The molecule has 0 spiro atoms. The van der Waals surface area contributed by atoms with Gasteiger partial charge >= 0.3 is 5.97 Å². The van der Waals surface area contributed by atoms with Crippen LogP contribution in [0.15, 0.2) is 18.2 Å². The molecule has 0 aromatic heterocycles. The van der Waals surface area contributed by atoms with Gasteiger partial charge in [-0.3, -0.25) is 5.11 Å². The Hall–Kier alpha value is -1.22. The number of rotatable bonds is 1. The second kappa shape index (κ2) is 2.80. The van der Waals surface area contributed by atoms with Crippen molar-refractivity contribution in [3.8, 4) is 5.75 Å². The molecule has 0 aliphatic carbocycles. The van der Waals surface area contributed by atoms with Crippen molar-refractivity contribution in [2.75, 3.05) is 0 Å². The summed E-state index contributed by atoms with van der Waals surface area (Å²) in [4.78, 5) is 10.3. The van der Waals surface area contributed by atoms with Gasteiger partial charge in [-0.05, 0) is 18.2 Å². The highest BCUT2D eigenvalue weighted by Gasteiger charge is 2.06. The molecule has 0 saturated carbocycles. The molecule has 0 bridgehead atoms. The largest absolute Gasteiger partial charge is 0.478 e. The second-order valence-corrected chi connectivity index (χ2v) is 2.36. The van der Waals surface area contributed by atoms with Crippen LogP contribution >= 0.6 is 11.6 Å². The zero-order valence-corrected chi connectivity index (χ0v) is 6.13. The first-order chi connectivity index (χ1) is 5.11. The number of aromatic carboxylic acids is 1. The number of halogens is 1. The van der Waals surface area contributed by atoms with E-state index in [9.17, 15) is 9.90 Å². The van der Waals surface area contributed by atoms with Crippen molar-refractivity contribution in [3.05, 3.63) is 28.8 Å². The topological polar surface area (TPSA) is 57.2 Å². The molecule has 0 atom stereocenters. The quantitative estimate of drug-likeness (QED) is 0.704. The fourth-order valence-corrected chi connectivity index (χ4v) is 0.814. The molecule has 3 nitrogen and oxygen atoms in total. The number of carbonyl (C=O) groups is 1. The highest BCUT2D eigenvalue weighted by molar-refractivity contribution is 6.32. The zero-order chi connectivity index (χ0) is 8.43. The summed E-state index contributed by atoms with van der Waals surface area (Å²) in [5.74, 6) is -1.46. The SMILES string of the molecule is [O]c1ccc(C(=O)O)cc1Cl. The lowest BCUT2D eigenvalue weighted by atomic mass is 10.2. The highest BCUT2D eigenvalue weighted by atomic mass is 35.5. The molecule has 4 heteroatoms. The number of hydrogen-bond donors (Lipinski definition) is 1. The Bertz CT molecular complexity index is 296. The van der Waals surface area contributed by atoms with E-state index in [0.29, 0.717) is 0 Å². The predicted molar refractivity (Wildman–Crippen MR) is 38.5 cm³/mol. The standard InChI is InChI=1S/C7H4ClO3/c8-5-3-4(7(10)11)1-2-6(5)9/h1-3H,(H,10,11). The zero-order valence-electron chi connectivity index (χ0n) is 5.37. The molecule has 0 saturated heterocycles. The van der Waals surface area contributed by atoms with Crippen LogP contribution in [0.4, 0.5) is 0 Å². The maximum Gasteiger partial charge on any atom is 0.335 e. The summed E-state index contributed by atoms with van der Waals surface area (Å²) in [6.45, 7) is 0. The number of hydrogen-bond acceptors (Lipinski definition) is 1. The minimum atomic E-state index is -1.09. The van der Waals surface area contributed by atoms with Gasteiger partial charge in [0.2, 0.25) is 0 Å². The van der Waals surface area contributed by atoms with Gasteiger partial charge in [-0.2, -0.15) is 0 Å². The van der Waals surface area contributed by atoms with Crippen LogP contribution in [0.3, 0.4) is 0 Å². The maximum absolute atomic E-state index is 10.7. The number of benzene rings is 1. The van der Waals surface area contributed by atoms with Crippen molar-refractivity contribution in [1.29, 1.82) is 0 Å². The molecule has 11 heavy (non-hydrogen) atoms. The van der Waals surface area contributed by atoms with Crippen molar-refractivity contribution in [2.24, 2.45) is 0 Å². The van der Waals surface area contributed by atoms with Gasteiger partial charge in [0.05, 0.1) is 10.6 Å². The smallest absolute Gasteiger partial charge is 0.335 e. The number of carboxylic acids is 1. The average molecular weight is 172 g/mol. The van der Waals surface area contributed by atoms with E-state index in [0.717, 1.165) is 12.1 Å². The molecule has 0 aliphatic heterocycles. The summed E-state index contributed by atoms with van der Waals surface area (Å²) in [5.41, 5.74) is 0.0228. The molecular weight excluding hydrogens is 168 g/mol. The van der Waals surface area contributed by atoms with Gasteiger partial charge in [0.1, 0.15) is 0 Å².